The highest BCUT2D eigenvalue weighted by Gasteiger charge is 2.10. The van der Waals surface area contributed by atoms with Crippen LogP contribution in [-0.4, -0.2) is 32.4 Å². The molecule has 0 aliphatic rings. The lowest BCUT2D eigenvalue weighted by atomic mass is 10.1. The van der Waals surface area contributed by atoms with Crippen LogP contribution < -0.4 is 5.32 Å². The first-order chi connectivity index (χ1) is 11.1. The number of hydrogen-bond acceptors (Lipinski definition) is 3. The van der Waals surface area contributed by atoms with Gasteiger partial charge in [-0.2, -0.15) is 10.2 Å². The fraction of sp³-hybridized carbons (Fsp3) is 0.188. The summed E-state index contributed by atoms with van der Waals surface area (Å²) in [6.45, 7) is 3.13. The number of nitrogens with one attached hydrogen (secondary N) is 2. The van der Waals surface area contributed by atoms with E-state index in [-0.39, 0.29) is 5.91 Å². The van der Waals surface area contributed by atoms with Gasteiger partial charge in [-0.3, -0.25) is 14.6 Å². The number of carbonyl (C=O) groups excluding carboxylic acids is 1. The van der Waals surface area contributed by atoms with Crippen LogP contribution in [0.25, 0.3) is 11.3 Å². The lowest BCUT2D eigenvalue weighted by Gasteiger charge is -2.03. The lowest BCUT2D eigenvalue weighted by molar-refractivity contribution is 0.0947. The van der Waals surface area contributed by atoms with Crippen LogP contribution in [0, 0.1) is 6.92 Å². The smallest absolute Gasteiger partial charge is 0.269 e. The van der Waals surface area contributed by atoms with Gasteiger partial charge in [0.25, 0.3) is 5.91 Å². The molecule has 2 aromatic heterocycles. The molecule has 0 aliphatic heterocycles. The van der Waals surface area contributed by atoms with Gasteiger partial charge in [0.15, 0.2) is 0 Å². The Hall–Kier alpha value is -2.41. The Labute approximate surface area is 142 Å². The molecule has 0 atom stereocenters. The monoisotopic (exact) mass is 373 g/mol. The minimum Gasteiger partial charge on any atom is -0.349 e. The first-order valence-electron chi connectivity index (χ1n) is 7.20. The third kappa shape index (κ3) is 3.87. The molecule has 1 aromatic carbocycles. The molecule has 0 saturated heterocycles. The summed E-state index contributed by atoms with van der Waals surface area (Å²) in [4.78, 5) is 12.1. The van der Waals surface area contributed by atoms with E-state index >= 15 is 0 Å². The van der Waals surface area contributed by atoms with E-state index in [1.807, 2.05) is 37.4 Å². The maximum Gasteiger partial charge on any atom is 0.269 e. The summed E-state index contributed by atoms with van der Waals surface area (Å²) in [6, 6.07) is 9.77. The largest absolute Gasteiger partial charge is 0.349 e. The Morgan fingerprint density at radius 2 is 2.13 bits per heavy atom. The van der Waals surface area contributed by atoms with Crippen LogP contribution in [0.3, 0.4) is 0 Å². The van der Waals surface area contributed by atoms with E-state index in [2.05, 4.69) is 36.5 Å². The molecule has 6 nitrogen and oxygen atoms in total. The molecule has 0 unspecified atom stereocenters. The number of aromatic nitrogens is 4. The van der Waals surface area contributed by atoms with Crippen molar-refractivity contribution < 1.29 is 4.79 Å². The van der Waals surface area contributed by atoms with E-state index in [1.165, 1.54) is 5.56 Å². The fourth-order valence-electron chi connectivity index (χ4n) is 2.15. The number of hydrogen-bond donors (Lipinski definition) is 2. The Bertz CT molecular complexity index is 806. The molecule has 0 fully saturated rings. The Morgan fingerprint density at radius 1 is 1.35 bits per heavy atom. The number of H-pyrrole nitrogens is 1. The number of amides is 1. The second kappa shape index (κ2) is 6.78. The van der Waals surface area contributed by atoms with E-state index in [0.717, 1.165) is 15.7 Å². The number of benzene rings is 1. The average Bonchev–Trinajstić information content (AvgIpc) is 3.17. The normalized spacial score (nSPS) is 10.7. The average molecular weight is 374 g/mol. The van der Waals surface area contributed by atoms with Gasteiger partial charge < -0.3 is 5.32 Å². The zero-order valence-corrected chi connectivity index (χ0v) is 14.2. The van der Waals surface area contributed by atoms with Crippen molar-refractivity contribution in [3.63, 3.8) is 0 Å². The number of rotatable bonds is 5. The van der Waals surface area contributed by atoms with Crippen LogP contribution in [0.1, 0.15) is 16.1 Å². The van der Waals surface area contributed by atoms with E-state index in [1.54, 1.807) is 16.9 Å². The van der Waals surface area contributed by atoms with Gasteiger partial charge in [-0.25, -0.2) is 0 Å². The van der Waals surface area contributed by atoms with Crippen molar-refractivity contribution in [1.82, 2.24) is 25.3 Å². The summed E-state index contributed by atoms with van der Waals surface area (Å²) in [5.74, 6) is -0.179. The molecule has 118 valence electrons. The van der Waals surface area contributed by atoms with Crippen molar-refractivity contribution in [3.05, 3.63) is 58.5 Å². The number of aryl methyl sites for hydroxylation is 1. The standard InChI is InChI=1S/C16H16BrN5O/c1-11-2-4-12(5-3-11)14-8-15(21-20-14)16(23)18-6-7-22-10-13(17)9-19-22/h2-5,8-10H,6-7H2,1H3,(H,18,23)(H,20,21). The van der Waals surface area contributed by atoms with Crippen molar-refractivity contribution in [2.75, 3.05) is 6.54 Å². The molecule has 2 N–H and O–H groups in total. The van der Waals surface area contributed by atoms with Crippen molar-refractivity contribution in [2.24, 2.45) is 0 Å². The van der Waals surface area contributed by atoms with Crippen LogP contribution in [0.5, 0.6) is 0 Å². The number of nitrogens with zero attached hydrogens (tertiary/aromatic N) is 3. The molecule has 3 rings (SSSR count). The second-order valence-electron chi connectivity index (χ2n) is 5.21. The molecule has 0 spiro atoms. The summed E-state index contributed by atoms with van der Waals surface area (Å²) in [7, 11) is 0. The van der Waals surface area contributed by atoms with E-state index in [9.17, 15) is 4.79 Å². The van der Waals surface area contributed by atoms with E-state index in [0.29, 0.717) is 18.8 Å². The molecule has 3 aromatic rings. The summed E-state index contributed by atoms with van der Waals surface area (Å²) in [5, 5.41) is 14.0. The van der Waals surface area contributed by atoms with Crippen molar-refractivity contribution in [1.29, 1.82) is 0 Å². The fourth-order valence-corrected chi connectivity index (χ4v) is 2.48. The van der Waals surface area contributed by atoms with Gasteiger partial charge in [0.1, 0.15) is 5.69 Å². The van der Waals surface area contributed by atoms with E-state index in [4.69, 9.17) is 0 Å². The Balaban J connectivity index is 1.58. The summed E-state index contributed by atoms with van der Waals surface area (Å²) in [6.07, 6.45) is 3.57. The van der Waals surface area contributed by atoms with Gasteiger partial charge in [-0.1, -0.05) is 29.8 Å². The van der Waals surface area contributed by atoms with Crippen LogP contribution in [0.2, 0.25) is 0 Å². The lowest BCUT2D eigenvalue weighted by Crippen LogP contribution is -2.27. The molecule has 0 radical (unpaired) electrons. The third-order valence-electron chi connectivity index (χ3n) is 3.40. The quantitative estimate of drug-likeness (QED) is 0.721. The highest BCUT2D eigenvalue weighted by atomic mass is 79.9. The molecule has 23 heavy (non-hydrogen) atoms. The van der Waals surface area contributed by atoms with Crippen molar-refractivity contribution >= 4 is 21.8 Å². The summed E-state index contributed by atoms with van der Waals surface area (Å²) in [5.41, 5.74) is 3.37. The minimum absolute atomic E-state index is 0.179. The van der Waals surface area contributed by atoms with Gasteiger partial charge in [0.05, 0.1) is 22.9 Å². The predicted octanol–water partition coefficient (Wildman–Crippen LogP) is 2.77. The van der Waals surface area contributed by atoms with Crippen LogP contribution in [0.15, 0.2) is 47.2 Å². The Kier molecular flexibility index (Phi) is 4.57. The SMILES string of the molecule is Cc1ccc(-c2cc(C(=O)NCCn3cc(Br)cn3)[nH]n2)cc1. The van der Waals surface area contributed by atoms with Crippen LogP contribution in [0.4, 0.5) is 0 Å². The molecule has 0 aliphatic carbocycles. The first-order valence-corrected chi connectivity index (χ1v) is 8.00. The Morgan fingerprint density at radius 3 is 2.83 bits per heavy atom. The van der Waals surface area contributed by atoms with Crippen LogP contribution >= 0.6 is 15.9 Å². The highest BCUT2D eigenvalue weighted by molar-refractivity contribution is 9.10. The number of halogens is 1. The predicted molar refractivity (Wildman–Crippen MR) is 91.0 cm³/mol. The molecule has 0 saturated carbocycles. The zero-order valence-electron chi connectivity index (χ0n) is 12.6. The molecule has 0 bridgehead atoms. The summed E-state index contributed by atoms with van der Waals surface area (Å²) >= 11 is 3.34. The maximum absolute atomic E-state index is 12.1. The van der Waals surface area contributed by atoms with Gasteiger partial charge >= 0.3 is 0 Å². The van der Waals surface area contributed by atoms with Crippen molar-refractivity contribution in [2.45, 2.75) is 13.5 Å². The maximum atomic E-state index is 12.1. The third-order valence-corrected chi connectivity index (χ3v) is 3.81. The van der Waals surface area contributed by atoms with Gasteiger partial charge in [0.2, 0.25) is 0 Å². The summed E-state index contributed by atoms with van der Waals surface area (Å²) < 4.78 is 2.68. The minimum atomic E-state index is -0.179. The topological polar surface area (TPSA) is 75.6 Å². The highest BCUT2D eigenvalue weighted by Crippen LogP contribution is 2.18. The van der Waals surface area contributed by atoms with Gasteiger partial charge in [-0.05, 0) is 28.9 Å². The number of aromatic amines is 1. The first kappa shape index (κ1) is 15.5. The van der Waals surface area contributed by atoms with Crippen LogP contribution in [-0.2, 0) is 6.54 Å². The molecular weight excluding hydrogens is 358 g/mol. The molecule has 2 heterocycles. The number of carbonyl (C=O) groups is 1. The zero-order chi connectivity index (χ0) is 16.2. The molecule has 1 amide bonds. The second-order valence-corrected chi connectivity index (χ2v) is 6.13. The van der Waals surface area contributed by atoms with E-state index < -0.39 is 0 Å². The van der Waals surface area contributed by atoms with Gasteiger partial charge in [0, 0.05) is 18.3 Å². The van der Waals surface area contributed by atoms with Crippen molar-refractivity contribution in [3.8, 4) is 11.3 Å². The molecular formula is C16H16BrN5O. The van der Waals surface area contributed by atoms with Gasteiger partial charge in [-0.15, -0.1) is 0 Å². The molecule has 7 heteroatoms.